The van der Waals surface area contributed by atoms with Gasteiger partial charge < -0.3 is 15.8 Å². The zero-order valence-corrected chi connectivity index (χ0v) is 9.27. The molecule has 88 valence electrons. The molecule has 0 aliphatic rings. The third kappa shape index (κ3) is 2.63. The second kappa shape index (κ2) is 4.69. The lowest BCUT2D eigenvalue weighted by molar-refractivity contribution is 0.411. The molecule has 0 saturated heterocycles. The van der Waals surface area contributed by atoms with E-state index in [0.717, 1.165) is 0 Å². The minimum Gasteiger partial charge on any atom is -0.497 e. The first-order valence-corrected chi connectivity index (χ1v) is 5.00. The molecule has 0 amide bonds. The number of nitrogens with one attached hydrogen (secondary N) is 1. The van der Waals surface area contributed by atoms with E-state index in [9.17, 15) is 4.39 Å². The Morgan fingerprint density at radius 3 is 2.88 bits per heavy atom. The summed E-state index contributed by atoms with van der Waals surface area (Å²) in [6.45, 7) is 0. The van der Waals surface area contributed by atoms with Crippen molar-refractivity contribution in [1.82, 2.24) is 4.98 Å². The number of nitrogen functional groups attached to an aromatic ring is 1. The predicted octanol–water partition coefficient (Wildman–Crippen LogP) is 2.56. The molecule has 3 N–H and O–H groups in total. The summed E-state index contributed by atoms with van der Waals surface area (Å²) in [6.07, 6.45) is 3.13. The Morgan fingerprint density at radius 2 is 2.18 bits per heavy atom. The van der Waals surface area contributed by atoms with Gasteiger partial charge in [-0.25, -0.2) is 4.39 Å². The van der Waals surface area contributed by atoms with Crippen LogP contribution in [0.25, 0.3) is 0 Å². The summed E-state index contributed by atoms with van der Waals surface area (Å²) in [7, 11) is 1.49. The molecule has 0 unspecified atom stereocenters. The Kier molecular flexibility index (Phi) is 3.09. The van der Waals surface area contributed by atoms with Crippen LogP contribution in [0.3, 0.4) is 0 Å². The third-order valence-electron chi connectivity index (χ3n) is 2.24. The molecule has 0 saturated carbocycles. The number of halogens is 1. The second-order valence-electron chi connectivity index (χ2n) is 3.47. The van der Waals surface area contributed by atoms with E-state index in [-0.39, 0.29) is 5.82 Å². The Morgan fingerprint density at radius 1 is 1.35 bits per heavy atom. The highest BCUT2D eigenvalue weighted by molar-refractivity contribution is 5.71. The van der Waals surface area contributed by atoms with E-state index in [1.54, 1.807) is 18.3 Å². The van der Waals surface area contributed by atoms with Crippen LogP contribution in [0.4, 0.5) is 21.5 Å². The lowest BCUT2D eigenvalue weighted by atomic mass is 10.2. The first-order chi connectivity index (χ1) is 8.19. The summed E-state index contributed by atoms with van der Waals surface area (Å²) in [5, 5.41) is 3.00. The number of nitrogens with two attached hydrogens (primary N) is 1. The lowest BCUT2D eigenvalue weighted by Crippen LogP contribution is -1.97. The van der Waals surface area contributed by atoms with E-state index in [0.29, 0.717) is 22.8 Å². The molecule has 1 heterocycles. The highest BCUT2D eigenvalue weighted by Gasteiger charge is 2.03. The minimum absolute atomic E-state index is 0.375. The van der Waals surface area contributed by atoms with Crippen molar-refractivity contribution in [3.05, 3.63) is 42.5 Å². The fraction of sp³-hybridized carbons (Fsp3) is 0.0833. The van der Waals surface area contributed by atoms with Gasteiger partial charge in [0.05, 0.1) is 24.7 Å². The van der Waals surface area contributed by atoms with Crippen LogP contribution in [0.1, 0.15) is 0 Å². The van der Waals surface area contributed by atoms with Gasteiger partial charge in [0.25, 0.3) is 0 Å². The van der Waals surface area contributed by atoms with Gasteiger partial charge in [0.2, 0.25) is 0 Å². The van der Waals surface area contributed by atoms with Crippen molar-refractivity contribution in [2.45, 2.75) is 0 Å². The van der Waals surface area contributed by atoms with Crippen molar-refractivity contribution in [2.75, 3.05) is 18.2 Å². The maximum Gasteiger partial charge on any atom is 0.128 e. The van der Waals surface area contributed by atoms with E-state index >= 15 is 0 Å². The van der Waals surface area contributed by atoms with Crippen LogP contribution < -0.4 is 15.8 Å². The molecule has 0 aliphatic heterocycles. The average molecular weight is 233 g/mol. The van der Waals surface area contributed by atoms with E-state index in [1.807, 2.05) is 0 Å². The SMILES string of the molecule is COc1cc(F)cc(Nc2ccncc2N)c1. The van der Waals surface area contributed by atoms with Crippen molar-refractivity contribution in [1.29, 1.82) is 0 Å². The minimum atomic E-state index is -0.375. The van der Waals surface area contributed by atoms with Crippen molar-refractivity contribution in [3.8, 4) is 5.75 Å². The van der Waals surface area contributed by atoms with E-state index < -0.39 is 0 Å². The molecular weight excluding hydrogens is 221 g/mol. The van der Waals surface area contributed by atoms with Crippen molar-refractivity contribution in [2.24, 2.45) is 0 Å². The van der Waals surface area contributed by atoms with Crippen molar-refractivity contribution >= 4 is 17.1 Å². The van der Waals surface area contributed by atoms with Gasteiger partial charge in [-0.3, -0.25) is 4.98 Å². The molecule has 1 aromatic heterocycles. The Bertz CT molecular complexity index is 531. The summed E-state index contributed by atoms with van der Waals surface area (Å²) in [4.78, 5) is 3.87. The smallest absolute Gasteiger partial charge is 0.128 e. The number of aromatic nitrogens is 1. The summed E-state index contributed by atoms with van der Waals surface area (Å²) < 4.78 is 18.2. The van der Waals surface area contributed by atoms with Crippen LogP contribution in [-0.2, 0) is 0 Å². The molecule has 0 bridgehead atoms. The van der Waals surface area contributed by atoms with Crippen LogP contribution in [0.2, 0.25) is 0 Å². The maximum atomic E-state index is 13.3. The molecule has 0 radical (unpaired) electrons. The number of ether oxygens (including phenoxy) is 1. The topological polar surface area (TPSA) is 60.2 Å². The van der Waals surface area contributed by atoms with Crippen LogP contribution >= 0.6 is 0 Å². The van der Waals surface area contributed by atoms with Gasteiger partial charge in [0.1, 0.15) is 11.6 Å². The number of pyridine rings is 1. The monoisotopic (exact) mass is 233 g/mol. The number of anilines is 3. The average Bonchev–Trinajstić information content (AvgIpc) is 2.31. The van der Waals surface area contributed by atoms with Crippen molar-refractivity contribution < 1.29 is 9.13 Å². The first-order valence-electron chi connectivity index (χ1n) is 5.00. The van der Waals surface area contributed by atoms with E-state index in [4.69, 9.17) is 10.5 Å². The van der Waals surface area contributed by atoms with Crippen molar-refractivity contribution in [3.63, 3.8) is 0 Å². The quantitative estimate of drug-likeness (QED) is 0.855. The molecule has 17 heavy (non-hydrogen) atoms. The number of benzene rings is 1. The molecule has 2 aromatic rings. The summed E-state index contributed by atoms with van der Waals surface area (Å²) >= 11 is 0. The van der Waals surface area contributed by atoms with Gasteiger partial charge in [-0.1, -0.05) is 0 Å². The van der Waals surface area contributed by atoms with Gasteiger partial charge in [-0.05, 0) is 12.1 Å². The van der Waals surface area contributed by atoms with Gasteiger partial charge in [-0.2, -0.15) is 0 Å². The van der Waals surface area contributed by atoms with Gasteiger partial charge in [-0.15, -0.1) is 0 Å². The standard InChI is InChI=1S/C12H12FN3O/c1-17-10-5-8(13)4-9(6-10)16-12-2-3-15-7-11(12)14/h2-7H,14H2,1H3,(H,15,16). The van der Waals surface area contributed by atoms with Crippen LogP contribution in [0, 0.1) is 5.82 Å². The third-order valence-corrected chi connectivity index (χ3v) is 2.24. The number of hydrogen-bond donors (Lipinski definition) is 2. The molecule has 0 atom stereocenters. The summed E-state index contributed by atoms with van der Waals surface area (Å²) in [5.74, 6) is 0.0691. The largest absolute Gasteiger partial charge is 0.497 e. The number of methoxy groups -OCH3 is 1. The molecular formula is C12H12FN3O. The van der Waals surface area contributed by atoms with Gasteiger partial charge in [0, 0.05) is 24.0 Å². The molecule has 4 nitrogen and oxygen atoms in total. The molecule has 5 heteroatoms. The highest BCUT2D eigenvalue weighted by Crippen LogP contribution is 2.25. The summed E-state index contributed by atoms with van der Waals surface area (Å²) in [6, 6.07) is 6.07. The van der Waals surface area contributed by atoms with Crippen LogP contribution in [-0.4, -0.2) is 12.1 Å². The van der Waals surface area contributed by atoms with E-state index in [2.05, 4.69) is 10.3 Å². The molecule has 0 fully saturated rings. The normalized spacial score (nSPS) is 10.0. The van der Waals surface area contributed by atoms with Gasteiger partial charge in [0.15, 0.2) is 0 Å². The number of nitrogens with zero attached hydrogens (tertiary/aromatic N) is 1. The molecule has 0 aliphatic carbocycles. The fourth-order valence-electron chi connectivity index (χ4n) is 1.43. The highest BCUT2D eigenvalue weighted by atomic mass is 19.1. The summed E-state index contributed by atoms with van der Waals surface area (Å²) in [5.41, 5.74) is 7.47. The predicted molar refractivity (Wildman–Crippen MR) is 64.9 cm³/mol. The molecule has 1 aromatic carbocycles. The molecule has 2 rings (SSSR count). The Balaban J connectivity index is 2.30. The zero-order chi connectivity index (χ0) is 12.3. The molecule has 0 spiro atoms. The number of rotatable bonds is 3. The zero-order valence-electron chi connectivity index (χ0n) is 9.27. The first kappa shape index (κ1) is 11.2. The van der Waals surface area contributed by atoms with Gasteiger partial charge >= 0.3 is 0 Å². The van der Waals surface area contributed by atoms with E-state index in [1.165, 1.54) is 25.4 Å². The van der Waals surface area contributed by atoms with Crippen LogP contribution in [0.15, 0.2) is 36.7 Å². The fourth-order valence-corrected chi connectivity index (χ4v) is 1.43. The Hall–Kier alpha value is -2.30. The lowest BCUT2D eigenvalue weighted by Gasteiger charge is -2.10. The number of hydrogen-bond acceptors (Lipinski definition) is 4. The Labute approximate surface area is 98.2 Å². The maximum absolute atomic E-state index is 13.3. The second-order valence-corrected chi connectivity index (χ2v) is 3.47. The van der Waals surface area contributed by atoms with Crippen LogP contribution in [0.5, 0.6) is 5.75 Å².